The van der Waals surface area contributed by atoms with Crippen molar-refractivity contribution >= 4 is 29.9 Å². The molecule has 2 aromatic rings. The van der Waals surface area contributed by atoms with Gasteiger partial charge in [-0.05, 0) is 30.9 Å². The molecule has 1 saturated carbocycles. The molecule has 7 heteroatoms. The minimum atomic E-state index is 0. The van der Waals surface area contributed by atoms with Gasteiger partial charge in [-0.25, -0.2) is 9.98 Å². The maximum absolute atomic E-state index is 6.06. The maximum atomic E-state index is 6.06. The fourth-order valence-corrected chi connectivity index (χ4v) is 3.66. The zero-order chi connectivity index (χ0) is 20.2. The van der Waals surface area contributed by atoms with Crippen molar-refractivity contribution in [1.29, 1.82) is 0 Å². The number of rotatable bonds is 9. The lowest BCUT2D eigenvalue weighted by Crippen LogP contribution is -2.39. The second-order valence-electron chi connectivity index (χ2n) is 7.66. The van der Waals surface area contributed by atoms with Gasteiger partial charge in [-0.2, -0.15) is 0 Å². The van der Waals surface area contributed by atoms with Gasteiger partial charge in [0.2, 0.25) is 0 Å². The predicted octanol–water partition coefficient (Wildman–Crippen LogP) is 4.34. The average Bonchev–Trinajstić information content (AvgIpc) is 3.11. The van der Waals surface area contributed by atoms with E-state index in [9.17, 15) is 0 Å². The Kier molecular flexibility index (Phi) is 11.8. The Bertz CT molecular complexity index is 710. The molecule has 1 aliphatic rings. The van der Waals surface area contributed by atoms with Crippen molar-refractivity contribution in [2.45, 2.75) is 64.6 Å². The molecule has 0 bridgehead atoms. The minimum Gasteiger partial charge on any atom is -0.376 e. The molecule has 0 atom stereocenters. The number of hydrogen-bond acceptors (Lipinski definition) is 3. The highest BCUT2D eigenvalue weighted by Gasteiger charge is 2.12. The summed E-state index contributed by atoms with van der Waals surface area (Å²) in [5.41, 5.74) is 2.46. The summed E-state index contributed by atoms with van der Waals surface area (Å²) >= 11 is 0. The van der Waals surface area contributed by atoms with Gasteiger partial charge in [-0.3, -0.25) is 0 Å². The number of nitrogens with zero attached hydrogens (tertiary/aromatic N) is 3. The number of benzene rings is 1. The van der Waals surface area contributed by atoms with Crippen LogP contribution >= 0.6 is 24.0 Å². The molecule has 6 nitrogen and oxygen atoms in total. The molecular formula is C23H36IN5O. The van der Waals surface area contributed by atoms with Crippen LogP contribution in [-0.2, 0) is 17.8 Å². The fraction of sp³-hybridized carbons (Fsp3) is 0.565. The first-order valence-corrected chi connectivity index (χ1v) is 11.0. The van der Waals surface area contributed by atoms with Crippen molar-refractivity contribution in [3.05, 3.63) is 54.1 Å². The van der Waals surface area contributed by atoms with Gasteiger partial charge in [0.15, 0.2) is 5.96 Å². The van der Waals surface area contributed by atoms with E-state index in [0.29, 0.717) is 12.6 Å². The molecule has 0 aliphatic heterocycles. The van der Waals surface area contributed by atoms with Crippen LogP contribution in [0, 0.1) is 0 Å². The van der Waals surface area contributed by atoms with Crippen molar-refractivity contribution in [1.82, 2.24) is 20.2 Å². The second-order valence-corrected chi connectivity index (χ2v) is 7.66. The third-order valence-corrected chi connectivity index (χ3v) is 5.26. The largest absolute Gasteiger partial charge is 0.376 e. The van der Waals surface area contributed by atoms with Gasteiger partial charge in [0.05, 0.1) is 25.6 Å². The van der Waals surface area contributed by atoms with E-state index in [4.69, 9.17) is 9.73 Å². The number of imidazole rings is 1. The van der Waals surface area contributed by atoms with Gasteiger partial charge < -0.3 is 19.9 Å². The normalized spacial score (nSPS) is 15.3. The summed E-state index contributed by atoms with van der Waals surface area (Å²) in [5, 5.41) is 6.71. The zero-order valence-electron chi connectivity index (χ0n) is 18.1. The van der Waals surface area contributed by atoms with Crippen LogP contribution in [0.3, 0.4) is 0 Å². The van der Waals surface area contributed by atoms with Crippen LogP contribution in [-0.4, -0.2) is 41.3 Å². The second kappa shape index (κ2) is 14.4. The van der Waals surface area contributed by atoms with Crippen LogP contribution in [0.5, 0.6) is 0 Å². The summed E-state index contributed by atoms with van der Waals surface area (Å²) in [7, 11) is 0. The van der Waals surface area contributed by atoms with Gasteiger partial charge in [0, 0.05) is 32.0 Å². The van der Waals surface area contributed by atoms with Crippen molar-refractivity contribution < 1.29 is 4.74 Å². The Hall–Kier alpha value is -1.61. The smallest absolute Gasteiger partial charge is 0.191 e. The first-order valence-electron chi connectivity index (χ1n) is 11.0. The van der Waals surface area contributed by atoms with Gasteiger partial charge in [-0.15, -0.1) is 24.0 Å². The fourth-order valence-electron chi connectivity index (χ4n) is 3.66. The molecule has 0 amide bonds. The maximum Gasteiger partial charge on any atom is 0.191 e. The number of halogens is 1. The molecular weight excluding hydrogens is 489 g/mol. The number of aromatic nitrogens is 2. The summed E-state index contributed by atoms with van der Waals surface area (Å²) in [5.74, 6) is 0.847. The Morgan fingerprint density at radius 3 is 2.50 bits per heavy atom. The molecule has 0 saturated heterocycles. The topological polar surface area (TPSA) is 63.5 Å². The quantitative estimate of drug-likeness (QED) is 0.168. The SMILES string of the molecule is CCNC(=NCc1ccc(Cn2ccnc2)cc1)NCCOC1CCCCCC1.I. The highest BCUT2D eigenvalue weighted by atomic mass is 127. The Morgan fingerprint density at radius 2 is 1.83 bits per heavy atom. The van der Waals surface area contributed by atoms with Crippen LogP contribution in [0.25, 0.3) is 0 Å². The molecule has 1 aliphatic carbocycles. The van der Waals surface area contributed by atoms with E-state index in [1.54, 1.807) is 6.20 Å². The van der Waals surface area contributed by atoms with Crippen LogP contribution in [0.2, 0.25) is 0 Å². The van der Waals surface area contributed by atoms with Crippen molar-refractivity contribution in [3.63, 3.8) is 0 Å². The van der Waals surface area contributed by atoms with Gasteiger partial charge >= 0.3 is 0 Å². The summed E-state index contributed by atoms with van der Waals surface area (Å²) in [6, 6.07) is 8.61. The first-order chi connectivity index (χ1) is 14.3. The van der Waals surface area contributed by atoms with Crippen LogP contribution in [0.15, 0.2) is 48.0 Å². The number of hydrogen-bond donors (Lipinski definition) is 2. The molecule has 0 radical (unpaired) electrons. The molecule has 3 rings (SSSR count). The molecule has 1 aromatic carbocycles. The summed E-state index contributed by atoms with van der Waals surface area (Å²) in [4.78, 5) is 8.80. The predicted molar refractivity (Wildman–Crippen MR) is 133 cm³/mol. The van der Waals surface area contributed by atoms with E-state index in [1.807, 2.05) is 12.5 Å². The van der Waals surface area contributed by atoms with Crippen LogP contribution in [0.1, 0.15) is 56.6 Å². The molecule has 0 unspecified atom stereocenters. The van der Waals surface area contributed by atoms with E-state index in [1.165, 1.54) is 49.7 Å². The lowest BCUT2D eigenvalue weighted by molar-refractivity contribution is 0.0468. The van der Waals surface area contributed by atoms with E-state index in [0.717, 1.165) is 32.2 Å². The lowest BCUT2D eigenvalue weighted by atomic mass is 10.1. The molecule has 2 N–H and O–H groups in total. The molecule has 1 fully saturated rings. The van der Waals surface area contributed by atoms with E-state index in [-0.39, 0.29) is 24.0 Å². The van der Waals surface area contributed by atoms with Crippen molar-refractivity contribution in [3.8, 4) is 0 Å². The number of aliphatic imine (C=N–C) groups is 1. The van der Waals surface area contributed by atoms with Crippen molar-refractivity contribution in [2.75, 3.05) is 19.7 Å². The third-order valence-electron chi connectivity index (χ3n) is 5.26. The molecule has 166 valence electrons. The highest BCUT2D eigenvalue weighted by molar-refractivity contribution is 14.0. The van der Waals surface area contributed by atoms with Gasteiger partial charge in [0.25, 0.3) is 0 Å². The third kappa shape index (κ3) is 9.04. The Balaban J connectivity index is 0.00000320. The van der Waals surface area contributed by atoms with E-state index in [2.05, 4.69) is 51.4 Å². The monoisotopic (exact) mass is 525 g/mol. The Morgan fingerprint density at radius 1 is 1.10 bits per heavy atom. The number of ether oxygens (including phenoxy) is 1. The minimum absolute atomic E-state index is 0. The Labute approximate surface area is 197 Å². The summed E-state index contributed by atoms with van der Waals surface area (Å²) in [6.07, 6.45) is 13.8. The van der Waals surface area contributed by atoms with E-state index < -0.39 is 0 Å². The van der Waals surface area contributed by atoms with Crippen molar-refractivity contribution in [2.24, 2.45) is 4.99 Å². The average molecular weight is 525 g/mol. The molecule has 1 heterocycles. The molecule has 0 spiro atoms. The zero-order valence-corrected chi connectivity index (χ0v) is 20.4. The lowest BCUT2D eigenvalue weighted by Gasteiger charge is -2.16. The highest BCUT2D eigenvalue weighted by Crippen LogP contribution is 2.19. The summed E-state index contributed by atoms with van der Waals surface area (Å²) in [6.45, 7) is 5.95. The number of nitrogens with one attached hydrogen (secondary N) is 2. The standard InChI is InChI=1S/C23H35N5O.HI/c1-2-25-23(26-14-16-29-22-7-5-3-4-6-8-22)27-17-20-9-11-21(12-10-20)18-28-15-13-24-19-28;/h9-13,15,19,22H,2-8,14,16-18H2,1H3,(H2,25,26,27);1H. The van der Waals surface area contributed by atoms with Crippen LogP contribution in [0.4, 0.5) is 0 Å². The van der Waals surface area contributed by atoms with Crippen LogP contribution < -0.4 is 10.6 Å². The first kappa shape index (κ1) is 24.7. The van der Waals surface area contributed by atoms with Gasteiger partial charge in [0.1, 0.15) is 0 Å². The molecule has 1 aromatic heterocycles. The number of guanidine groups is 1. The van der Waals surface area contributed by atoms with Gasteiger partial charge in [-0.1, -0.05) is 49.9 Å². The van der Waals surface area contributed by atoms with E-state index >= 15 is 0 Å². The summed E-state index contributed by atoms with van der Waals surface area (Å²) < 4.78 is 8.13. The molecule has 30 heavy (non-hydrogen) atoms.